The fourth-order valence-corrected chi connectivity index (χ4v) is 5.39. The fourth-order valence-electron chi connectivity index (χ4n) is 4.32. The lowest BCUT2D eigenvalue weighted by atomic mass is 9.97. The van der Waals surface area contributed by atoms with E-state index in [1.165, 1.54) is 29.2 Å². The molecule has 0 saturated heterocycles. The molecule has 0 radical (unpaired) electrons. The summed E-state index contributed by atoms with van der Waals surface area (Å²) in [4.78, 5) is 31.4. The highest BCUT2D eigenvalue weighted by Crippen LogP contribution is 2.35. The number of fused-ring (bicyclic) bond motifs is 1. The topological polar surface area (TPSA) is 92.3 Å². The van der Waals surface area contributed by atoms with Crippen molar-refractivity contribution in [3.63, 3.8) is 0 Å². The smallest absolute Gasteiger partial charge is 0.337 e. The maximum Gasteiger partial charge on any atom is 0.337 e. The van der Waals surface area contributed by atoms with Crippen LogP contribution in [0.25, 0.3) is 17.4 Å². The summed E-state index contributed by atoms with van der Waals surface area (Å²) in [6.07, 6.45) is 3.12. The predicted octanol–water partition coefficient (Wildman–Crippen LogP) is 4.73. The Morgan fingerprint density at radius 3 is 2.54 bits per heavy atom. The Balaban J connectivity index is 1.60. The third kappa shape index (κ3) is 5.28. The molecule has 0 amide bonds. The minimum Gasteiger partial charge on any atom is -0.490 e. The number of esters is 1. The van der Waals surface area contributed by atoms with Crippen molar-refractivity contribution in [3.8, 4) is 22.8 Å². The lowest BCUT2D eigenvalue weighted by molar-refractivity contribution is -0.136. The molecule has 0 saturated carbocycles. The molecule has 0 bridgehead atoms. The van der Waals surface area contributed by atoms with Crippen molar-refractivity contribution in [2.45, 2.75) is 19.9 Å². The second-order valence-electron chi connectivity index (χ2n) is 8.46. The molecule has 0 fully saturated rings. The second kappa shape index (κ2) is 11.3. The Morgan fingerprint density at radius 2 is 1.82 bits per heavy atom. The number of furan rings is 1. The molecular weight excluding hydrogens is 540 g/mol. The molecule has 39 heavy (non-hydrogen) atoms. The van der Waals surface area contributed by atoms with Gasteiger partial charge in [0.25, 0.3) is 5.56 Å². The van der Waals surface area contributed by atoms with Gasteiger partial charge >= 0.3 is 5.97 Å². The summed E-state index contributed by atoms with van der Waals surface area (Å²) in [5, 5.41) is 0.633. The van der Waals surface area contributed by atoms with E-state index in [0.717, 1.165) is 5.56 Å². The van der Waals surface area contributed by atoms with Crippen molar-refractivity contribution < 1.29 is 23.4 Å². The molecule has 4 aromatic rings. The minimum absolute atomic E-state index is 0.228. The molecule has 5 rings (SSSR count). The van der Waals surface area contributed by atoms with E-state index in [4.69, 9.17) is 30.2 Å². The Kier molecular flexibility index (Phi) is 7.72. The quantitative estimate of drug-likeness (QED) is 0.287. The number of carbonyl (C=O) groups excluding carboxylic acids is 1. The zero-order valence-electron chi connectivity index (χ0n) is 21.5. The normalized spacial score (nSPS) is 14.8. The molecule has 0 N–H and O–H groups in total. The summed E-state index contributed by atoms with van der Waals surface area (Å²) in [5.41, 5.74) is 1.44. The highest BCUT2D eigenvalue weighted by Gasteiger charge is 2.31. The van der Waals surface area contributed by atoms with Crippen molar-refractivity contribution >= 4 is 35.0 Å². The Hall–Kier alpha value is -4.08. The van der Waals surface area contributed by atoms with Crippen LogP contribution >= 0.6 is 22.9 Å². The molecule has 2 aromatic carbocycles. The van der Waals surface area contributed by atoms with E-state index in [0.29, 0.717) is 56.2 Å². The van der Waals surface area contributed by atoms with E-state index >= 15 is 0 Å². The van der Waals surface area contributed by atoms with E-state index < -0.39 is 12.0 Å². The molecular formula is C29H25ClN2O6S. The van der Waals surface area contributed by atoms with Gasteiger partial charge < -0.3 is 18.6 Å². The Labute approximate surface area is 233 Å². The van der Waals surface area contributed by atoms with E-state index in [1.54, 1.807) is 36.4 Å². The Morgan fingerprint density at radius 1 is 1.08 bits per heavy atom. The van der Waals surface area contributed by atoms with Gasteiger partial charge in [0.05, 0.1) is 36.5 Å². The molecule has 1 aliphatic heterocycles. The van der Waals surface area contributed by atoms with E-state index in [2.05, 4.69) is 4.99 Å². The average molecular weight is 565 g/mol. The van der Waals surface area contributed by atoms with Crippen molar-refractivity contribution in [3.05, 3.63) is 102 Å². The third-order valence-electron chi connectivity index (χ3n) is 6.04. The number of hydrogen-bond acceptors (Lipinski definition) is 8. The number of hydrogen-bond donors (Lipinski definition) is 0. The maximum absolute atomic E-state index is 13.7. The van der Waals surface area contributed by atoms with E-state index in [9.17, 15) is 9.59 Å². The van der Waals surface area contributed by atoms with Gasteiger partial charge in [0.1, 0.15) is 11.5 Å². The standard InChI is InChI=1S/C29H25ClN2O6S/c1-4-36-23-12-8-18(14-24(23)37-5-2)26-21(28(34)35-3)16-31-29-32(26)27(33)25(39-29)15-20-11-13-22(38-20)17-6-9-19(30)10-7-17/h6-16,26H,4-5H2,1-3H3/b25-15-/t26-/m0/s1. The van der Waals surface area contributed by atoms with Gasteiger partial charge in [-0.15, -0.1) is 0 Å². The van der Waals surface area contributed by atoms with Gasteiger partial charge in [-0.1, -0.05) is 29.0 Å². The fraction of sp³-hybridized carbons (Fsp3) is 0.207. The zero-order chi connectivity index (χ0) is 27.5. The maximum atomic E-state index is 13.7. The van der Waals surface area contributed by atoms with Gasteiger partial charge in [0, 0.05) is 22.9 Å². The van der Waals surface area contributed by atoms with Crippen LogP contribution in [0.3, 0.4) is 0 Å². The van der Waals surface area contributed by atoms with Crippen molar-refractivity contribution in [2.24, 2.45) is 4.99 Å². The second-order valence-corrected chi connectivity index (χ2v) is 9.90. The molecule has 8 nitrogen and oxygen atoms in total. The van der Waals surface area contributed by atoms with Crippen LogP contribution in [-0.4, -0.2) is 30.9 Å². The average Bonchev–Trinajstić information content (AvgIpc) is 3.54. The highest BCUT2D eigenvalue weighted by atomic mass is 35.5. The van der Waals surface area contributed by atoms with Crippen LogP contribution in [0, 0.1) is 0 Å². The summed E-state index contributed by atoms with van der Waals surface area (Å²) in [7, 11) is 1.30. The van der Waals surface area contributed by atoms with Crippen LogP contribution in [0.1, 0.15) is 31.2 Å². The molecule has 0 spiro atoms. The predicted molar refractivity (Wildman–Crippen MR) is 149 cm³/mol. The number of benzene rings is 2. The minimum atomic E-state index is -0.771. The molecule has 1 aliphatic rings. The molecule has 200 valence electrons. The zero-order valence-corrected chi connectivity index (χ0v) is 23.0. The van der Waals surface area contributed by atoms with Crippen LogP contribution in [0.15, 0.2) is 80.6 Å². The highest BCUT2D eigenvalue weighted by molar-refractivity contribution is 7.07. The van der Waals surface area contributed by atoms with Gasteiger partial charge in [-0.3, -0.25) is 9.36 Å². The lowest BCUT2D eigenvalue weighted by Gasteiger charge is -2.23. The van der Waals surface area contributed by atoms with E-state index in [1.807, 2.05) is 38.1 Å². The SMILES string of the molecule is CCOc1ccc([C@H]2C(C(=O)OC)=CN=c3s/c(=C\c4ccc(-c5ccc(Cl)cc5)o4)c(=O)n32)cc1OCC. The van der Waals surface area contributed by atoms with Gasteiger partial charge in [0.15, 0.2) is 16.3 Å². The van der Waals surface area contributed by atoms with Crippen LogP contribution < -0.4 is 24.4 Å². The van der Waals surface area contributed by atoms with Crippen LogP contribution in [0.5, 0.6) is 11.5 Å². The first-order chi connectivity index (χ1) is 18.9. The lowest BCUT2D eigenvalue weighted by Crippen LogP contribution is -2.39. The van der Waals surface area contributed by atoms with Crippen molar-refractivity contribution in [1.82, 2.24) is 4.57 Å². The molecule has 2 aromatic heterocycles. The molecule has 0 unspecified atom stereocenters. The number of methoxy groups -OCH3 is 1. The summed E-state index contributed by atoms with van der Waals surface area (Å²) in [5.74, 6) is 1.67. The number of ether oxygens (including phenoxy) is 3. The molecule has 3 heterocycles. The summed E-state index contributed by atoms with van der Waals surface area (Å²) in [6.45, 7) is 4.65. The van der Waals surface area contributed by atoms with Crippen molar-refractivity contribution in [1.29, 1.82) is 0 Å². The molecule has 0 aliphatic carbocycles. The van der Waals surface area contributed by atoms with Crippen LogP contribution in [0.4, 0.5) is 0 Å². The first kappa shape index (κ1) is 26.5. The number of carbonyl (C=O) groups is 1. The first-order valence-corrected chi connectivity index (χ1v) is 13.5. The van der Waals surface area contributed by atoms with Gasteiger partial charge in [-0.2, -0.15) is 0 Å². The molecule has 1 atom stereocenters. The Bertz CT molecular complexity index is 1730. The number of thiazole rings is 1. The largest absolute Gasteiger partial charge is 0.490 e. The summed E-state index contributed by atoms with van der Waals surface area (Å²) >= 11 is 7.20. The summed E-state index contributed by atoms with van der Waals surface area (Å²) in [6, 6.07) is 15.5. The first-order valence-electron chi connectivity index (χ1n) is 12.3. The van der Waals surface area contributed by atoms with Crippen molar-refractivity contribution in [2.75, 3.05) is 20.3 Å². The van der Waals surface area contributed by atoms with Crippen LogP contribution in [-0.2, 0) is 9.53 Å². The van der Waals surface area contributed by atoms with Gasteiger partial charge in [0.2, 0.25) is 0 Å². The van der Waals surface area contributed by atoms with Crippen LogP contribution in [0.2, 0.25) is 5.02 Å². The van der Waals surface area contributed by atoms with Gasteiger partial charge in [-0.25, -0.2) is 9.79 Å². The monoisotopic (exact) mass is 564 g/mol. The summed E-state index contributed by atoms with van der Waals surface area (Å²) < 4.78 is 24.4. The number of halogens is 1. The molecule has 10 heteroatoms. The number of aromatic nitrogens is 1. The van der Waals surface area contributed by atoms with Gasteiger partial charge in [-0.05, 0) is 67.9 Å². The third-order valence-corrected chi connectivity index (χ3v) is 7.29. The van der Waals surface area contributed by atoms with E-state index in [-0.39, 0.29) is 11.1 Å². The number of rotatable bonds is 8. The number of nitrogens with zero attached hydrogens (tertiary/aromatic N) is 2.